The maximum absolute atomic E-state index is 2.48. The van der Waals surface area contributed by atoms with E-state index in [9.17, 15) is 0 Å². The van der Waals surface area contributed by atoms with Gasteiger partial charge in [0.1, 0.15) is 0 Å². The Balaban J connectivity index is 2.28. The molecule has 0 atom stereocenters. The van der Waals surface area contributed by atoms with Crippen molar-refractivity contribution in [3.8, 4) is 0 Å². The molecule has 0 fully saturated rings. The van der Waals surface area contributed by atoms with Crippen molar-refractivity contribution in [1.29, 1.82) is 0 Å². The molecule has 0 N–H and O–H groups in total. The van der Waals surface area contributed by atoms with Crippen molar-refractivity contribution in [3.63, 3.8) is 0 Å². The van der Waals surface area contributed by atoms with E-state index in [-0.39, 0.29) is 0 Å². The first-order chi connectivity index (χ1) is 7.36. The molecule has 0 saturated heterocycles. The second-order valence-electron chi connectivity index (χ2n) is 3.86. The molecule has 1 heteroatoms. The third-order valence-corrected chi connectivity index (χ3v) is 2.66. The molecule has 0 heterocycles. The first-order valence-corrected chi connectivity index (χ1v) is 5.97. The van der Waals surface area contributed by atoms with E-state index in [1.807, 2.05) is 0 Å². The van der Waals surface area contributed by atoms with Crippen molar-refractivity contribution in [1.82, 2.24) is 4.90 Å². The van der Waals surface area contributed by atoms with Gasteiger partial charge in [-0.2, -0.15) is 0 Å². The number of benzene rings is 1. The van der Waals surface area contributed by atoms with Crippen LogP contribution in [0.2, 0.25) is 0 Å². The highest BCUT2D eigenvalue weighted by Gasteiger charge is 2.01. The summed E-state index contributed by atoms with van der Waals surface area (Å²) in [4.78, 5) is 2.48. The lowest BCUT2D eigenvalue weighted by Gasteiger charge is -2.19. The molecule has 1 rings (SSSR count). The van der Waals surface area contributed by atoms with Crippen molar-refractivity contribution in [2.45, 2.75) is 26.7 Å². The minimum atomic E-state index is 1.07. The quantitative estimate of drug-likeness (QED) is 0.658. The topological polar surface area (TPSA) is 3.24 Å². The van der Waals surface area contributed by atoms with Crippen LogP contribution in [0.5, 0.6) is 0 Å². The molecule has 1 aromatic carbocycles. The van der Waals surface area contributed by atoms with E-state index in [1.54, 1.807) is 0 Å². The molecule has 0 unspecified atom stereocenters. The summed E-state index contributed by atoms with van der Waals surface area (Å²) >= 11 is 0. The van der Waals surface area contributed by atoms with E-state index in [1.165, 1.54) is 24.9 Å². The van der Waals surface area contributed by atoms with Crippen LogP contribution in [-0.2, 0) is 0 Å². The molecule has 0 amide bonds. The molecule has 1 aromatic rings. The molecule has 0 aliphatic rings. The molecule has 83 valence electrons. The Morgan fingerprint density at radius 3 is 2.47 bits per heavy atom. The molecule has 0 aromatic heterocycles. The standard InChI is InChI=1S/C14H22N/c1-3-5-12-15(4-2)13-11-14-9-7-6-8-10-14/h6-11H,3-5,12-13H2,1-2H3. The second kappa shape index (κ2) is 7.47. The van der Waals surface area contributed by atoms with Gasteiger partial charge < -0.3 is 4.90 Å². The molecule has 0 spiro atoms. The van der Waals surface area contributed by atoms with Gasteiger partial charge in [-0.15, -0.1) is 0 Å². The number of unbranched alkanes of at least 4 members (excludes halogenated alkanes) is 1. The molecule has 15 heavy (non-hydrogen) atoms. The predicted octanol–water partition coefficient (Wildman–Crippen LogP) is 3.36. The Morgan fingerprint density at radius 2 is 1.87 bits per heavy atom. The Kier molecular flexibility index (Phi) is 6.10. The average molecular weight is 204 g/mol. The Bertz CT molecular complexity index is 243. The van der Waals surface area contributed by atoms with Crippen molar-refractivity contribution in [2.24, 2.45) is 0 Å². The Labute approximate surface area is 94.1 Å². The summed E-state index contributed by atoms with van der Waals surface area (Å²) in [6, 6.07) is 10.6. The number of likely N-dealkylation sites (N-methyl/N-ethyl adjacent to an activating group) is 1. The van der Waals surface area contributed by atoms with Crippen LogP contribution in [0.25, 0.3) is 0 Å². The summed E-state index contributed by atoms with van der Waals surface area (Å²) in [5.41, 5.74) is 1.33. The first kappa shape index (κ1) is 12.3. The smallest absolute Gasteiger partial charge is 0.00565 e. The van der Waals surface area contributed by atoms with Gasteiger partial charge in [0.15, 0.2) is 0 Å². The maximum atomic E-state index is 2.48. The van der Waals surface area contributed by atoms with Gasteiger partial charge in [-0.05, 0) is 25.1 Å². The van der Waals surface area contributed by atoms with Crippen LogP contribution in [0.1, 0.15) is 32.3 Å². The molecule has 0 saturated carbocycles. The first-order valence-electron chi connectivity index (χ1n) is 5.97. The number of hydrogen-bond donors (Lipinski definition) is 0. The zero-order chi connectivity index (χ0) is 10.9. The summed E-state index contributed by atoms with van der Waals surface area (Å²) in [7, 11) is 0. The predicted molar refractivity (Wildman–Crippen MR) is 66.9 cm³/mol. The molecular formula is C14H22N. The summed E-state index contributed by atoms with van der Waals surface area (Å²) < 4.78 is 0. The average Bonchev–Trinajstić information content (AvgIpc) is 2.31. The molecule has 1 nitrogen and oxygen atoms in total. The van der Waals surface area contributed by atoms with Crippen molar-refractivity contribution < 1.29 is 0 Å². The van der Waals surface area contributed by atoms with Crippen molar-refractivity contribution in [2.75, 3.05) is 19.6 Å². The summed E-state index contributed by atoms with van der Waals surface area (Å²) in [6.07, 6.45) is 4.89. The van der Waals surface area contributed by atoms with Crippen molar-refractivity contribution in [3.05, 3.63) is 42.3 Å². The van der Waals surface area contributed by atoms with Gasteiger partial charge in [0.2, 0.25) is 0 Å². The fourth-order valence-corrected chi connectivity index (χ4v) is 1.58. The zero-order valence-electron chi connectivity index (χ0n) is 9.95. The van der Waals surface area contributed by atoms with E-state index >= 15 is 0 Å². The lowest BCUT2D eigenvalue weighted by atomic mass is 10.1. The van der Waals surface area contributed by atoms with Gasteiger partial charge in [0, 0.05) is 13.0 Å². The lowest BCUT2D eigenvalue weighted by Crippen LogP contribution is -2.26. The zero-order valence-corrected chi connectivity index (χ0v) is 9.95. The van der Waals surface area contributed by atoms with Crippen LogP contribution in [0.4, 0.5) is 0 Å². The minimum absolute atomic E-state index is 1.07. The molecule has 1 radical (unpaired) electrons. The van der Waals surface area contributed by atoms with E-state index in [0.717, 1.165) is 13.1 Å². The van der Waals surface area contributed by atoms with Crippen LogP contribution in [0, 0.1) is 6.42 Å². The highest BCUT2D eigenvalue weighted by atomic mass is 15.1. The monoisotopic (exact) mass is 204 g/mol. The summed E-state index contributed by atoms with van der Waals surface area (Å²) in [5.74, 6) is 0. The lowest BCUT2D eigenvalue weighted by molar-refractivity contribution is 0.306. The van der Waals surface area contributed by atoms with Gasteiger partial charge in [0.25, 0.3) is 0 Å². The minimum Gasteiger partial charge on any atom is -0.303 e. The number of rotatable bonds is 7. The van der Waals surface area contributed by atoms with E-state index in [4.69, 9.17) is 0 Å². The molecule has 0 aliphatic carbocycles. The van der Waals surface area contributed by atoms with Crippen LogP contribution in [0.15, 0.2) is 30.3 Å². The van der Waals surface area contributed by atoms with Crippen molar-refractivity contribution >= 4 is 0 Å². The normalized spacial score (nSPS) is 10.9. The van der Waals surface area contributed by atoms with Gasteiger partial charge >= 0.3 is 0 Å². The maximum Gasteiger partial charge on any atom is 0.00565 e. The van der Waals surface area contributed by atoms with Gasteiger partial charge in [-0.25, -0.2) is 0 Å². The Morgan fingerprint density at radius 1 is 1.13 bits per heavy atom. The largest absolute Gasteiger partial charge is 0.303 e. The highest BCUT2D eigenvalue weighted by molar-refractivity contribution is 5.22. The highest BCUT2D eigenvalue weighted by Crippen LogP contribution is 2.04. The van der Waals surface area contributed by atoms with Crippen LogP contribution in [-0.4, -0.2) is 24.5 Å². The SMILES string of the molecule is CCCCN(CC)C[CH]c1ccccc1. The van der Waals surface area contributed by atoms with E-state index < -0.39 is 0 Å². The fourth-order valence-electron chi connectivity index (χ4n) is 1.58. The van der Waals surface area contributed by atoms with Crippen LogP contribution < -0.4 is 0 Å². The summed E-state index contributed by atoms with van der Waals surface area (Å²) in [5, 5.41) is 0. The third kappa shape index (κ3) is 4.98. The Hall–Kier alpha value is -0.820. The second-order valence-corrected chi connectivity index (χ2v) is 3.86. The molecule has 0 aliphatic heterocycles. The summed E-state index contributed by atoms with van der Waals surface area (Å²) in [6.45, 7) is 7.91. The number of hydrogen-bond acceptors (Lipinski definition) is 1. The van der Waals surface area contributed by atoms with Gasteiger partial charge in [-0.1, -0.05) is 50.6 Å². The molecular weight excluding hydrogens is 182 g/mol. The van der Waals surface area contributed by atoms with Gasteiger partial charge in [-0.3, -0.25) is 0 Å². The third-order valence-electron chi connectivity index (χ3n) is 2.66. The number of nitrogens with zero attached hydrogens (tertiary/aromatic N) is 1. The van der Waals surface area contributed by atoms with Gasteiger partial charge in [0.05, 0.1) is 0 Å². The molecule has 0 bridgehead atoms. The fraction of sp³-hybridized carbons (Fsp3) is 0.500. The van der Waals surface area contributed by atoms with E-state index in [2.05, 4.69) is 55.5 Å². The van der Waals surface area contributed by atoms with Crippen LogP contribution >= 0.6 is 0 Å². The van der Waals surface area contributed by atoms with Crippen LogP contribution in [0.3, 0.4) is 0 Å². The van der Waals surface area contributed by atoms with E-state index in [0.29, 0.717) is 0 Å².